The molecule has 7 heteroatoms. The minimum Gasteiger partial charge on any atom is -0.503 e. The van der Waals surface area contributed by atoms with Gasteiger partial charge in [0.1, 0.15) is 0 Å². The van der Waals surface area contributed by atoms with Crippen molar-refractivity contribution in [2.24, 2.45) is 5.10 Å². The van der Waals surface area contributed by atoms with Crippen molar-refractivity contribution in [3.63, 3.8) is 0 Å². The predicted molar refractivity (Wildman–Crippen MR) is 101 cm³/mol. The first kappa shape index (κ1) is 17.7. The number of halogens is 1. The molecule has 3 aromatic rings. The van der Waals surface area contributed by atoms with Gasteiger partial charge in [0.15, 0.2) is 11.5 Å². The standard InChI is InChI=1S/C19H16ClN3O3/c1-11-7-14(13-5-3-4-6-16(13)22-11)19(25)23-21-10-12-8-15(20)18(24)17(9-12)26-2/h3-10,24H,1-2H3,(H,23,25)/b21-10-. The maximum absolute atomic E-state index is 12.5. The molecule has 0 aliphatic rings. The van der Waals surface area contributed by atoms with Crippen LogP contribution in [0.1, 0.15) is 21.6 Å². The van der Waals surface area contributed by atoms with Crippen molar-refractivity contribution < 1.29 is 14.6 Å². The number of aromatic hydroxyl groups is 1. The van der Waals surface area contributed by atoms with E-state index in [1.807, 2.05) is 31.2 Å². The summed E-state index contributed by atoms with van der Waals surface area (Å²) in [5.74, 6) is -0.269. The maximum atomic E-state index is 12.5. The van der Waals surface area contributed by atoms with Gasteiger partial charge < -0.3 is 9.84 Å². The zero-order valence-electron chi connectivity index (χ0n) is 14.2. The van der Waals surface area contributed by atoms with Gasteiger partial charge in [-0.25, -0.2) is 5.43 Å². The first-order chi connectivity index (χ1) is 12.5. The Bertz CT molecular complexity index is 1020. The van der Waals surface area contributed by atoms with Gasteiger partial charge in [0.05, 0.1) is 29.4 Å². The lowest BCUT2D eigenvalue weighted by Gasteiger charge is -2.07. The van der Waals surface area contributed by atoms with Gasteiger partial charge in [-0.2, -0.15) is 5.10 Å². The Morgan fingerprint density at radius 2 is 2.08 bits per heavy atom. The van der Waals surface area contributed by atoms with Crippen LogP contribution in [0.25, 0.3) is 10.9 Å². The van der Waals surface area contributed by atoms with Crippen molar-refractivity contribution in [2.45, 2.75) is 6.92 Å². The summed E-state index contributed by atoms with van der Waals surface area (Å²) in [7, 11) is 1.42. The molecule has 1 aromatic heterocycles. The lowest BCUT2D eigenvalue weighted by atomic mass is 10.1. The fraction of sp³-hybridized carbons (Fsp3) is 0.105. The number of aryl methyl sites for hydroxylation is 1. The third-order valence-electron chi connectivity index (χ3n) is 3.74. The molecule has 26 heavy (non-hydrogen) atoms. The summed E-state index contributed by atoms with van der Waals surface area (Å²) in [6.07, 6.45) is 1.42. The third-order valence-corrected chi connectivity index (χ3v) is 4.03. The van der Waals surface area contributed by atoms with Crippen molar-refractivity contribution in [1.82, 2.24) is 10.4 Å². The largest absolute Gasteiger partial charge is 0.503 e. The Labute approximate surface area is 155 Å². The number of fused-ring (bicyclic) bond motifs is 1. The van der Waals surface area contributed by atoms with Crippen LogP contribution in [0.3, 0.4) is 0 Å². The highest BCUT2D eigenvalue weighted by atomic mass is 35.5. The smallest absolute Gasteiger partial charge is 0.272 e. The minimum atomic E-state index is -0.347. The number of hydrogen-bond donors (Lipinski definition) is 2. The predicted octanol–water partition coefficient (Wildman–Crippen LogP) is 3.67. The molecule has 0 aliphatic heterocycles. The summed E-state index contributed by atoms with van der Waals surface area (Å²) >= 11 is 5.93. The molecule has 0 unspecified atom stereocenters. The Kier molecular flexibility index (Phi) is 5.04. The molecule has 0 spiro atoms. The van der Waals surface area contributed by atoms with Crippen LogP contribution in [0.15, 0.2) is 47.6 Å². The Morgan fingerprint density at radius 1 is 1.31 bits per heavy atom. The number of aromatic nitrogens is 1. The molecule has 2 N–H and O–H groups in total. The number of pyridine rings is 1. The van der Waals surface area contributed by atoms with E-state index in [1.165, 1.54) is 19.4 Å². The van der Waals surface area contributed by atoms with Gasteiger partial charge in [-0.3, -0.25) is 9.78 Å². The number of nitrogens with one attached hydrogen (secondary N) is 1. The van der Waals surface area contributed by atoms with Gasteiger partial charge in [0, 0.05) is 11.1 Å². The van der Waals surface area contributed by atoms with E-state index in [2.05, 4.69) is 15.5 Å². The van der Waals surface area contributed by atoms with Crippen LogP contribution in [0.5, 0.6) is 11.5 Å². The Hall–Kier alpha value is -3.12. The van der Waals surface area contributed by atoms with Gasteiger partial charge in [0.2, 0.25) is 0 Å². The zero-order chi connectivity index (χ0) is 18.7. The topological polar surface area (TPSA) is 83.8 Å². The number of phenolic OH excluding ortho intramolecular Hbond substituents is 1. The number of ether oxygens (including phenoxy) is 1. The quantitative estimate of drug-likeness (QED) is 0.543. The fourth-order valence-electron chi connectivity index (χ4n) is 2.55. The number of nitrogens with zero attached hydrogens (tertiary/aromatic N) is 2. The number of rotatable bonds is 4. The normalized spacial score (nSPS) is 11.0. The number of hydrogen-bond acceptors (Lipinski definition) is 5. The number of methoxy groups -OCH3 is 1. The number of para-hydroxylation sites is 1. The van der Waals surface area contributed by atoms with Crippen LogP contribution >= 0.6 is 11.6 Å². The van der Waals surface area contributed by atoms with Crippen molar-refractivity contribution in [2.75, 3.05) is 7.11 Å². The minimum absolute atomic E-state index is 0.132. The molecule has 3 rings (SSSR count). The summed E-state index contributed by atoms with van der Waals surface area (Å²) in [5.41, 5.74) is 5.05. The van der Waals surface area contributed by atoms with Gasteiger partial charge in [-0.05, 0) is 36.8 Å². The van der Waals surface area contributed by atoms with Crippen LogP contribution in [0.2, 0.25) is 5.02 Å². The maximum Gasteiger partial charge on any atom is 0.272 e. The van der Waals surface area contributed by atoms with Gasteiger partial charge in [0.25, 0.3) is 5.91 Å². The number of carbonyl (C=O) groups is 1. The SMILES string of the molecule is COc1cc(/C=N\NC(=O)c2cc(C)nc3ccccc23)cc(Cl)c1O. The van der Waals surface area contributed by atoms with Crippen LogP contribution in [-0.4, -0.2) is 29.3 Å². The molecule has 0 saturated heterocycles. The number of hydrazone groups is 1. The van der Waals surface area contributed by atoms with Gasteiger partial charge >= 0.3 is 0 Å². The summed E-state index contributed by atoms with van der Waals surface area (Å²) in [6.45, 7) is 1.83. The zero-order valence-corrected chi connectivity index (χ0v) is 14.9. The lowest BCUT2D eigenvalue weighted by molar-refractivity contribution is 0.0956. The van der Waals surface area contributed by atoms with E-state index in [0.717, 1.165) is 16.6 Å². The number of carbonyl (C=O) groups excluding carboxylic acids is 1. The summed E-state index contributed by atoms with van der Waals surface area (Å²) in [5, 5.41) is 14.6. The van der Waals surface area contributed by atoms with Crippen molar-refractivity contribution in [3.8, 4) is 11.5 Å². The van der Waals surface area contributed by atoms with E-state index in [4.69, 9.17) is 16.3 Å². The van der Waals surface area contributed by atoms with E-state index in [-0.39, 0.29) is 22.4 Å². The molecular formula is C19H16ClN3O3. The van der Waals surface area contributed by atoms with Gasteiger partial charge in [-0.15, -0.1) is 0 Å². The van der Waals surface area contributed by atoms with Crippen LogP contribution in [0.4, 0.5) is 0 Å². The van der Waals surface area contributed by atoms with E-state index < -0.39 is 0 Å². The molecule has 0 atom stereocenters. The second kappa shape index (κ2) is 7.41. The molecule has 1 amide bonds. The first-order valence-corrected chi connectivity index (χ1v) is 8.13. The van der Waals surface area contributed by atoms with Crippen LogP contribution < -0.4 is 10.2 Å². The fourth-order valence-corrected chi connectivity index (χ4v) is 2.76. The molecule has 0 bridgehead atoms. The number of phenols is 1. The first-order valence-electron chi connectivity index (χ1n) is 7.76. The van der Waals surface area contributed by atoms with Crippen molar-refractivity contribution in [3.05, 3.63) is 64.3 Å². The van der Waals surface area contributed by atoms with Crippen molar-refractivity contribution in [1.29, 1.82) is 0 Å². The molecule has 0 radical (unpaired) electrons. The second-order valence-electron chi connectivity index (χ2n) is 5.58. The van der Waals surface area contributed by atoms with Crippen LogP contribution in [0, 0.1) is 6.92 Å². The number of amides is 1. The Balaban J connectivity index is 1.84. The summed E-state index contributed by atoms with van der Waals surface area (Å²) in [6, 6.07) is 12.2. The molecule has 0 saturated carbocycles. The molecule has 0 aliphatic carbocycles. The molecule has 0 fully saturated rings. The van der Waals surface area contributed by atoms with Crippen LogP contribution in [-0.2, 0) is 0 Å². The average molecular weight is 370 g/mol. The average Bonchev–Trinajstić information content (AvgIpc) is 2.63. The number of benzene rings is 2. The highest BCUT2D eigenvalue weighted by Crippen LogP contribution is 2.34. The molecule has 2 aromatic carbocycles. The molecule has 132 valence electrons. The summed E-state index contributed by atoms with van der Waals surface area (Å²) in [4.78, 5) is 16.9. The molecule has 6 nitrogen and oxygen atoms in total. The van der Waals surface area contributed by atoms with E-state index in [0.29, 0.717) is 11.1 Å². The highest BCUT2D eigenvalue weighted by Gasteiger charge is 2.11. The second-order valence-corrected chi connectivity index (χ2v) is 5.99. The molecule has 1 heterocycles. The van der Waals surface area contributed by atoms with Gasteiger partial charge in [-0.1, -0.05) is 29.8 Å². The van der Waals surface area contributed by atoms with Crippen molar-refractivity contribution >= 4 is 34.6 Å². The lowest BCUT2D eigenvalue weighted by Crippen LogP contribution is -2.18. The summed E-state index contributed by atoms with van der Waals surface area (Å²) < 4.78 is 5.03. The van der Waals surface area contributed by atoms with E-state index in [1.54, 1.807) is 12.1 Å². The highest BCUT2D eigenvalue weighted by molar-refractivity contribution is 6.32. The Morgan fingerprint density at radius 3 is 2.85 bits per heavy atom. The molecular weight excluding hydrogens is 354 g/mol. The third kappa shape index (κ3) is 3.60. The monoisotopic (exact) mass is 369 g/mol. The van der Waals surface area contributed by atoms with E-state index >= 15 is 0 Å². The van der Waals surface area contributed by atoms with E-state index in [9.17, 15) is 9.90 Å².